The van der Waals surface area contributed by atoms with E-state index >= 15 is 0 Å². The van der Waals surface area contributed by atoms with Crippen LogP contribution in [0.2, 0.25) is 0 Å². The van der Waals surface area contributed by atoms with Gasteiger partial charge >= 0.3 is 5.97 Å². The molecule has 118 valence electrons. The summed E-state index contributed by atoms with van der Waals surface area (Å²) >= 11 is 0. The van der Waals surface area contributed by atoms with Gasteiger partial charge in [0.05, 0.1) is 40.9 Å². The number of quaternary nitrogens is 1. The first-order valence-electron chi connectivity index (χ1n) is 7.57. The Kier molecular flexibility index (Phi) is 7.23. The van der Waals surface area contributed by atoms with Crippen LogP contribution in [0.25, 0.3) is 0 Å². The van der Waals surface area contributed by atoms with Crippen molar-refractivity contribution in [2.75, 3.05) is 40.9 Å². The summed E-state index contributed by atoms with van der Waals surface area (Å²) in [5.41, 5.74) is 1.12. The van der Waals surface area contributed by atoms with Crippen LogP contribution in [0.4, 0.5) is 0 Å². The Morgan fingerprint density at radius 3 is 2.43 bits per heavy atom. The molecule has 0 aromatic heterocycles. The van der Waals surface area contributed by atoms with E-state index in [1.54, 1.807) is 7.11 Å². The van der Waals surface area contributed by atoms with E-state index in [1.807, 2.05) is 24.3 Å². The van der Waals surface area contributed by atoms with Gasteiger partial charge in [-0.3, -0.25) is 4.79 Å². The van der Waals surface area contributed by atoms with Crippen LogP contribution in [0, 0.1) is 0 Å². The van der Waals surface area contributed by atoms with Crippen molar-refractivity contribution in [3.05, 3.63) is 29.8 Å². The molecule has 21 heavy (non-hydrogen) atoms. The van der Waals surface area contributed by atoms with Gasteiger partial charge in [-0.15, -0.1) is 0 Å². The van der Waals surface area contributed by atoms with Crippen LogP contribution in [0.15, 0.2) is 24.3 Å². The van der Waals surface area contributed by atoms with Gasteiger partial charge < -0.3 is 14.0 Å². The standard InChI is InChI=1S/C17H28NO3/c1-5-18(2,3)13-6-14-21-17(19)12-9-15-7-10-16(20-4)11-8-15/h7-8,10-11H,5-6,9,12-14H2,1-4H3/q+1. The van der Waals surface area contributed by atoms with E-state index in [0.717, 1.165) is 35.3 Å². The lowest BCUT2D eigenvalue weighted by Gasteiger charge is -2.27. The molecular formula is C17H28NO3+. The van der Waals surface area contributed by atoms with Crippen LogP contribution in [-0.4, -0.2) is 51.4 Å². The highest BCUT2D eigenvalue weighted by Crippen LogP contribution is 2.12. The number of carbonyl (C=O) groups excluding carboxylic acids is 1. The lowest BCUT2D eigenvalue weighted by atomic mass is 10.1. The number of hydrogen-bond acceptors (Lipinski definition) is 3. The second kappa shape index (κ2) is 8.67. The molecule has 0 saturated carbocycles. The number of benzene rings is 1. The SMILES string of the molecule is CC[N+](C)(C)CCCOC(=O)CCc1ccc(OC)cc1. The number of hydrogen-bond donors (Lipinski definition) is 0. The molecular weight excluding hydrogens is 266 g/mol. The molecule has 1 aromatic rings. The summed E-state index contributed by atoms with van der Waals surface area (Å²) in [6.07, 6.45) is 2.05. The lowest BCUT2D eigenvalue weighted by molar-refractivity contribution is -0.888. The molecule has 0 bridgehead atoms. The zero-order valence-corrected chi connectivity index (χ0v) is 13.7. The van der Waals surface area contributed by atoms with Crippen LogP contribution in [0.5, 0.6) is 5.75 Å². The average Bonchev–Trinajstić information content (AvgIpc) is 2.50. The fraction of sp³-hybridized carbons (Fsp3) is 0.588. The third-order valence-electron chi connectivity index (χ3n) is 3.80. The number of methoxy groups -OCH3 is 1. The Bertz CT molecular complexity index is 426. The molecule has 0 spiro atoms. The van der Waals surface area contributed by atoms with Crippen molar-refractivity contribution in [1.29, 1.82) is 0 Å². The summed E-state index contributed by atoms with van der Waals surface area (Å²) in [6.45, 7) is 4.80. The van der Waals surface area contributed by atoms with E-state index in [2.05, 4.69) is 21.0 Å². The number of esters is 1. The largest absolute Gasteiger partial charge is 0.497 e. The van der Waals surface area contributed by atoms with Gasteiger partial charge in [0.2, 0.25) is 0 Å². The summed E-state index contributed by atoms with van der Waals surface area (Å²) in [5, 5.41) is 0. The summed E-state index contributed by atoms with van der Waals surface area (Å²) in [7, 11) is 6.02. The molecule has 1 rings (SSSR count). The van der Waals surface area contributed by atoms with E-state index in [0.29, 0.717) is 19.4 Å². The van der Waals surface area contributed by atoms with E-state index in [9.17, 15) is 4.79 Å². The van der Waals surface area contributed by atoms with Crippen molar-refractivity contribution in [2.24, 2.45) is 0 Å². The molecule has 4 heteroatoms. The van der Waals surface area contributed by atoms with E-state index < -0.39 is 0 Å². The monoisotopic (exact) mass is 294 g/mol. The lowest BCUT2D eigenvalue weighted by Crippen LogP contribution is -2.40. The molecule has 1 aromatic carbocycles. The summed E-state index contributed by atoms with van der Waals surface area (Å²) < 4.78 is 11.3. The molecule has 0 saturated heterocycles. The Morgan fingerprint density at radius 2 is 1.86 bits per heavy atom. The van der Waals surface area contributed by atoms with Gasteiger partial charge in [-0.25, -0.2) is 0 Å². The molecule has 0 aliphatic rings. The fourth-order valence-corrected chi connectivity index (χ4v) is 1.95. The maximum atomic E-state index is 11.7. The molecule has 0 aliphatic heterocycles. The average molecular weight is 294 g/mol. The topological polar surface area (TPSA) is 35.5 Å². The number of nitrogens with zero attached hydrogens (tertiary/aromatic N) is 1. The number of carbonyl (C=O) groups is 1. The first kappa shape index (κ1) is 17.5. The predicted molar refractivity (Wildman–Crippen MR) is 84.4 cm³/mol. The van der Waals surface area contributed by atoms with Crippen LogP contribution < -0.4 is 4.74 Å². The molecule has 4 nitrogen and oxygen atoms in total. The Morgan fingerprint density at radius 1 is 1.19 bits per heavy atom. The zero-order chi connectivity index (χ0) is 15.7. The summed E-state index contributed by atoms with van der Waals surface area (Å²) in [6, 6.07) is 7.78. The third-order valence-corrected chi connectivity index (χ3v) is 3.80. The molecule has 0 aliphatic carbocycles. The molecule has 0 amide bonds. The van der Waals surface area contributed by atoms with Crippen molar-refractivity contribution >= 4 is 5.97 Å². The molecule has 0 heterocycles. The quantitative estimate of drug-likeness (QED) is 0.399. The number of ether oxygens (including phenoxy) is 2. The minimum Gasteiger partial charge on any atom is -0.497 e. The smallest absolute Gasteiger partial charge is 0.306 e. The van der Waals surface area contributed by atoms with Gasteiger partial charge in [0.1, 0.15) is 5.75 Å². The van der Waals surface area contributed by atoms with Gasteiger partial charge in [-0.05, 0) is 31.0 Å². The maximum Gasteiger partial charge on any atom is 0.306 e. The molecule has 0 fully saturated rings. The Labute approximate surface area is 128 Å². The van der Waals surface area contributed by atoms with Crippen molar-refractivity contribution in [3.63, 3.8) is 0 Å². The van der Waals surface area contributed by atoms with E-state index in [-0.39, 0.29) is 5.97 Å². The normalized spacial score (nSPS) is 11.2. The summed E-state index contributed by atoms with van der Waals surface area (Å²) in [4.78, 5) is 11.7. The van der Waals surface area contributed by atoms with Gasteiger partial charge in [-0.2, -0.15) is 0 Å². The molecule has 0 N–H and O–H groups in total. The Hall–Kier alpha value is -1.55. The van der Waals surface area contributed by atoms with Gasteiger partial charge in [0.25, 0.3) is 0 Å². The van der Waals surface area contributed by atoms with Gasteiger partial charge in [0, 0.05) is 12.8 Å². The highest BCUT2D eigenvalue weighted by Gasteiger charge is 2.11. The Balaban J connectivity index is 2.19. The van der Waals surface area contributed by atoms with Crippen LogP contribution in [0.3, 0.4) is 0 Å². The first-order chi connectivity index (χ1) is 9.96. The van der Waals surface area contributed by atoms with E-state index in [4.69, 9.17) is 9.47 Å². The minimum absolute atomic E-state index is 0.118. The van der Waals surface area contributed by atoms with Crippen molar-refractivity contribution in [2.45, 2.75) is 26.2 Å². The number of rotatable bonds is 9. The highest BCUT2D eigenvalue weighted by atomic mass is 16.5. The highest BCUT2D eigenvalue weighted by molar-refractivity contribution is 5.69. The fourth-order valence-electron chi connectivity index (χ4n) is 1.95. The van der Waals surface area contributed by atoms with Crippen molar-refractivity contribution < 1.29 is 18.8 Å². The van der Waals surface area contributed by atoms with Crippen LogP contribution in [-0.2, 0) is 16.0 Å². The van der Waals surface area contributed by atoms with E-state index in [1.165, 1.54) is 0 Å². The van der Waals surface area contributed by atoms with Gasteiger partial charge in [-0.1, -0.05) is 12.1 Å². The van der Waals surface area contributed by atoms with Crippen LogP contribution in [0.1, 0.15) is 25.3 Å². The van der Waals surface area contributed by atoms with Crippen molar-refractivity contribution in [1.82, 2.24) is 0 Å². The minimum atomic E-state index is -0.118. The molecule has 0 unspecified atom stereocenters. The third kappa shape index (κ3) is 7.14. The zero-order valence-electron chi connectivity index (χ0n) is 13.7. The number of aryl methyl sites for hydroxylation is 1. The molecule has 0 atom stereocenters. The maximum absolute atomic E-state index is 11.7. The second-order valence-electron chi connectivity index (χ2n) is 5.90. The summed E-state index contributed by atoms with van der Waals surface area (Å²) in [5.74, 6) is 0.714. The van der Waals surface area contributed by atoms with Crippen molar-refractivity contribution in [3.8, 4) is 5.75 Å². The molecule has 0 radical (unpaired) electrons. The van der Waals surface area contributed by atoms with Crippen LogP contribution >= 0.6 is 0 Å². The van der Waals surface area contributed by atoms with Gasteiger partial charge in [0.15, 0.2) is 0 Å². The predicted octanol–water partition coefficient (Wildman–Crippen LogP) is 2.66. The first-order valence-corrected chi connectivity index (χ1v) is 7.57. The second-order valence-corrected chi connectivity index (χ2v) is 5.90.